The molecule has 30 heavy (non-hydrogen) atoms. The van der Waals surface area contributed by atoms with Crippen LogP contribution in [0.4, 0.5) is 0 Å². The number of benzene rings is 1. The van der Waals surface area contributed by atoms with Crippen molar-refractivity contribution >= 4 is 17.7 Å². The molecule has 1 aliphatic carbocycles. The van der Waals surface area contributed by atoms with Crippen LogP contribution in [0.5, 0.6) is 5.75 Å². The fourth-order valence-electron chi connectivity index (χ4n) is 4.51. The van der Waals surface area contributed by atoms with Gasteiger partial charge in [0.05, 0.1) is 7.11 Å². The maximum atomic E-state index is 13.2. The molecule has 1 saturated heterocycles. The molecule has 7 heteroatoms. The highest BCUT2D eigenvalue weighted by Gasteiger charge is 2.32. The van der Waals surface area contributed by atoms with Crippen molar-refractivity contribution in [2.24, 2.45) is 5.92 Å². The summed E-state index contributed by atoms with van der Waals surface area (Å²) in [7, 11) is 1.59. The summed E-state index contributed by atoms with van der Waals surface area (Å²) in [4.78, 5) is 41.4. The Morgan fingerprint density at radius 1 is 1.03 bits per heavy atom. The lowest BCUT2D eigenvalue weighted by molar-refractivity contribution is -0.144. The summed E-state index contributed by atoms with van der Waals surface area (Å²) in [6, 6.07) is 6.87. The lowest BCUT2D eigenvalue weighted by atomic mass is 9.88. The van der Waals surface area contributed by atoms with Gasteiger partial charge in [-0.15, -0.1) is 0 Å². The Bertz CT molecular complexity index is 753. The average Bonchev–Trinajstić information content (AvgIpc) is 2.78. The lowest BCUT2D eigenvalue weighted by Gasteiger charge is -2.38. The van der Waals surface area contributed by atoms with Crippen molar-refractivity contribution in [3.05, 3.63) is 29.8 Å². The zero-order chi connectivity index (χ0) is 21.5. The number of para-hydroxylation sites is 1. The topological polar surface area (TPSA) is 79.0 Å². The predicted octanol–water partition coefficient (Wildman–Crippen LogP) is 1.99. The van der Waals surface area contributed by atoms with Crippen LogP contribution in [0.2, 0.25) is 0 Å². The van der Waals surface area contributed by atoms with Crippen LogP contribution in [0.15, 0.2) is 24.3 Å². The van der Waals surface area contributed by atoms with Gasteiger partial charge in [-0.2, -0.15) is 0 Å². The van der Waals surface area contributed by atoms with Gasteiger partial charge in [-0.1, -0.05) is 37.5 Å². The molecule has 164 valence electrons. The van der Waals surface area contributed by atoms with Crippen LogP contribution in [0.3, 0.4) is 0 Å². The Hall–Kier alpha value is -2.57. The van der Waals surface area contributed by atoms with E-state index in [0.717, 1.165) is 31.2 Å². The van der Waals surface area contributed by atoms with Gasteiger partial charge >= 0.3 is 0 Å². The van der Waals surface area contributed by atoms with E-state index in [9.17, 15) is 14.4 Å². The molecule has 2 aliphatic rings. The van der Waals surface area contributed by atoms with Crippen molar-refractivity contribution in [1.82, 2.24) is 15.1 Å². The first kappa shape index (κ1) is 22.1. The summed E-state index contributed by atoms with van der Waals surface area (Å²) in [5.74, 6) is 0.742. The Balaban J connectivity index is 1.61. The van der Waals surface area contributed by atoms with E-state index in [1.54, 1.807) is 12.0 Å². The highest BCUT2D eigenvalue weighted by atomic mass is 16.5. The Morgan fingerprint density at radius 2 is 1.67 bits per heavy atom. The first-order valence-corrected chi connectivity index (χ1v) is 11.0. The number of methoxy groups -OCH3 is 1. The molecule has 3 rings (SSSR count). The summed E-state index contributed by atoms with van der Waals surface area (Å²) in [6.45, 7) is 3.53. The monoisotopic (exact) mass is 415 g/mol. The number of carbonyl (C=O) groups is 3. The van der Waals surface area contributed by atoms with E-state index < -0.39 is 6.04 Å². The zero-order valence-electron chi connectivity index (χ0n) is 18.1. The number of nitrogens with one attached hydrogen (secondary N) is 1. The van der Waals surface area contributed by atoms with Crippen LogP contribution < -0.4 is 10.1 Å². The molecule has 1 heterocycles. The van der Waals surface area contributed by atoms with Crippen molar-refractivity contribution in [3.8, 4) is 5.75 Å². The smallest absolute Gasteiger partial charge is 0.245 e. The van der Waals surface area contributed by atoms with E-state index >= 15 is 0 Å². The number of hydrogen-bond acceptors (Lipinski definition) is 4. The fraction of sp³-hybridized carbons (Fsp3) is 0.609. The summed E-state index contributed by atoms with van der Waals surface area (Å²) < 4.78 is 5.39. The van der Waals surface area contributed by atoms with Gasteiger partial charge < -0.3 is 19.9 Å². The lowest BCUT2D eigenvalue weighted by Crippen LogP contribution is -2.56. The van der Waals surface area contributed by atoms with Crippen molar-refractivity contribution in [2.45, 2.75) is 51.5 Å². The third-order valence-corrected chi connectivity index (χ3v) is 6.15. The van der Waals surface area contributed by atoms with Crippen LogP contribution >= 0.6 is 0 Å². The molecule has 1 saturated carbocycles. The maximum absolute atomic E-state index is 13.2. The van der Waals surface area contributed by atoms with Gasteiger partial charge in [-0.25, -0.2) is 0 Å². The third kappa shape index (κ3) is 5.52. The van der Waals surface area contributed by atoms with Crippen LogP contribution in [0.1, 0.15) is 44.6 Å². The van der Waals surface area contributed by atoms with E-state index in [1.165, 1.54) is 13.3 Å². The first-order chi connectivity index (χ1) is 14.5. The van der Waals surface area contributed by atoms with Crippen molar-refractivity contribution in [1.29, 1.82) is 0 Å². The Morgan fingerprint density at radius 3 is 2.30 bits per heavy atom. The van der Waals surface area contributed by atoms with Crippen molar-refractivity contribution in [3.63, 3.8) is 0 Å². The van der Waals surface area contributed by atoms with Crippen LogP contribution in [0, 0.1) is 5.92 Å². The molecule has 1 aromatic rings. The van der Waals surface area contributed by atoms with Crippen LogP contribution in [-0.4, -0.2) is 66.9 Å². The molecule has 1 aromatic carbocycles. The largest absolute Gasteiger partial charge is 0.496 e. The molecule has 1 N–H and O–H groups in total. The average molecular weight is 416 g/mol. The quantitative estimate of drug-likeness (QED) is 0.771. The minimum Gasteiger partial charge on any atom is -0.496 e. The van der Waals surface area contributed by atoms with Gasteiger partial charge in [-0.05, 0) is 24.5 Å². The normalized spacial score (nSPS) is 18.6. The number of ether oxygens (including phenoxy) is 1. The molecule has 0 radical (unpaired) electrons. The zero-order valence-corrected chi connectivity index (χ0v) is 18.1. The van der Waals surface area contributed by atoms with E-state index in [2.05, 4.69) is 5.32 Å². The van der Waals surface area contributed by atoms with Crippen LogP contribution in [0.25, 0.3) is 0 Å². The highest BCUT2D eigenvalue weighted by molar-refractivity contribution is 5.87. The van der Waals surface area contributed by atoms with Gasteiger partial charge in [-0.3, -0.25) is 14.4 Å². The maximum Gasteiger partial charge on any atom is 0.245 e. The molecule has 0 spiro atoms. The number of amides is 3. The summed E-state index contributed by atoms with van der Waals surface area (Å²) in [6.07, 6.45) is 5.84. The van der Waals surface area contributed by atoms with Crippen LogP contribution in [-0.2, 0) is 20.8 Å². The number of piperazine rings is 1. The number of nitrogens with zero attached hydrogens (tertiary/aromatic N) is 2. The van der Waals surface area contributed by atoms with Gasteiger partial charge in [0.25, 0.3) is 0 Å². The van der Waals surface area contributed by atoms with Crippen molar-refractivity contribution in [2.75, 3.05) is 33.3 Å². The SMILES string of the molecule is COc1ccccc1CC(NC(C)=O)C(=O)N1CCN(C(=O)C2CCCCC2)CC1. The molecule has 2 fully saturated rings. The molecular formula is C23H33N3O4. The minimum absolute atomic E-state index is 0.110. The molecule has 1 atom stereocenters. The number of rotatable bonds is 6. The second kappa shape index (κ2) is 10.5. The van der Waals surface area contributed by atoms with E-state index in [4.69, 9.17) is 4.74 Å². The molecule has 0 bridgehead atoms. The van der Waals surface area contributed by atoms with Gasteiger partial charge in [0.15, 0.2) is 0 Å². The first-order valence-electron chi connectivity index (χ1n) is 11.0. The molecular weight excluding hydrogens is 382 g/mol. The number of hydrogen-bond donors (Lipinski definition) is 1. The van der Waals surface area contributed by atoms with E-state index in [0.29, 0.717) is 38.3 Å². The van der Waals surface area contributed by atoms with Crippen molar-refractivity contribution < 1.29 is 19.1 Å². The second-order valence-electron chi connectivity index (χ2n) is 8.25. The predicted molar refractivity (Wildman–Crippen MR) is 114 cm³/mol. The minimum atomic E-state index is -0.653. The second-order valence-corrected chi connectivity index (χ2v) is 8.25. The van der Waals surface area contributed by atoms with Gasteiger partial charge in [0.2, 0.25) is 17.7 Å². The van der Waals surface area contributed by atoms with E-state index in [-0.39, 0.29) is 23.6 Å². The standard InChI is InChI=1S/C23H33N3O4/c1-17(27)24-20(16-19-10-6-7-11-21(19)30-2)23(29)26-14-12-25(13-15-26)22(28)18-8-4-3-5-9-18/h6-7,10-11,18,20H,3-5,8-9,12-16H2,1-2H3,(H,24,27). The van der Waals surface area contributed by atoms with E-state index in [1.807, 2.05) is 29.2 Å². The number of carbonyl (C=O) groups excluding carboxylic acids is 3. The Kier molecular flexibility index (Phi) is 7.71. The molecule has 1 unspecified atom stereocenters. The molecule has 0 aromatic heterocycles. The molecule has 3 amide bonds. The third-order valence-electron chi connectivity index (χ3n) is 6.15. The highest BCUT2D eigenvalue weighted by Crippen LogP contribution is 2.26. The molecule has 7 nitrogen and oxygen atoms in total. The summed E-state index contributed by atoms with van der Waals surface area (Å²) >= 11 is 0. The Labute approximate surface area is 178 Å². The fourth-order valence-corrected chi connectivity index (χ4v) is 4.51. The molecule has 1 aliphatic heterocycles. The van der Waals surface area contributed by atoms with Gasteiger partial charge in [0, 0.05) is 45.4 Å². The van der Waals surface area contributed by atoms with Gasteiger partial charge in [0.1, 0.15) is 11.8 Å². The summed E-state index contributed by atoms with van der Waals surface area (Å²) in [5.41, 5.74) is 0.873. The summed E-state index contributed by atoms with van der Waals surface area (Å²) in [5, 5.41) is 2.80.